The Morgan fingerprint density at radius 1 is 1.19 bits per heavy atom. The summed E-state index contributed by atoms with van der Waals surface area (Å²) in [5.41, 5.74) is 4.27. The van der Waals surface area contributed by atoms with Crippen molar-refractivity contribution in [2.45, 2.75) is 71.4 Å². The van der Waals surface area contributed by atoms with E-state index < -0.39 is 5.97 Å². The van der Waals surface area contributed by atoms with Crippen molar-refractivity contribution in [1.29, 1.82) is 0 Å². The van der Waals surface area contributed by atoms with Gasteiger partial charge in [0.2, 0.25) is 0 Å². The summed E-state index contributed by atoms with van der Waals surface area (Å²) >= 11 is 0. The van der Waals surface area contributed by atoms with Gasteiger partial charge in [0.25, 0.3) is 0 Å². The van der Waals surface area contributed by atoms with E-state index in [-0.39, 0.29) is 6.23 Å². The smallest absolute Gasteiger partial charge is 0.335 e. The largest absolute Gasteiger partial charge is 0.478 e. The highest BCUT2D eigenvalue weighted by atomic mass is 16.5. The molecule has 0 saturated carbocycles. The molecule has 1 N–H and O–H groups in total. The van der Waals surface area contributed by atoms with E-state index in [1.165, 1.54) is 6.42 Å². The number of carboxylic acid groups (broad SMARTS) is 1. The Labute approximate surface area is 217 Å². The quantitative estimate of drug-likeness (QED) is 0.498. The number of benzene rings is 1. The third-order valence-electron chi connectivity index (χ3n) is 8.65. The Hall–Kier alpha value is -3.20. The second-order valence-corrected chi connectivity index (χ2v) is 11.0. The van der Waals surface area contributed by atoms with E-state index in [1.807, 2.05) is 16.9 Å². The van der Waals surface area contributed by atoms with Crippen LogP contribution in [0.4, 0.5) is 17.3 Å². The number of nitrogens with zero attached hydrogens (tertiary/aromatic N) is 6. The molecule has 9 nitrogen and oxygen atoms in total. The molecule has 3 aromatic rings. The van der Waals surface area contributed by atoms with Crippen LogP contribution in [0.15, 0.2) is 24.4 Å². The summed E-state index contributed by atoms with van der Waals surface area (Å²) in [5.74, 6) is 0.767. The van der Waals surface area contributed by atoms with Gasteiger partial charge in [-0.3, -0.25) is 0 Å². The third kappa shape index (κ3) is 4.43. The maximum atomic E-state index is 11.5. The Balaban J connectivity index is 1.41. The molecule has 0 aliphatic carbocycles. The fraction of sp³-hybridized carbons (Fsp3) is 0.571. The third-order valence-corrected chi connectivity index (χ3v) is 8.65. The van der Waals surface area contributed by atoms with Crippen LogP contribution in [0.3, 0.4) is 0 Å². The predicted octanol–water partition coefficient (Wildman–Crippen LogP) is 5.32. The van der Waals surface area contributed by atoms with E-state index in [2.05, 4.69) is 23.6 Å². The van der Waals surface area contributed by atoms with Gasteiger partial charge in [-0.2, -0.15) is 0 Å². The predicted molar refractivity (Wildman–Crippen MR) is 143 cm³/mol. The maximum absolute atomic E-state index is 11.5. The minimum absolute atomic E-state index is 0.155. The number of rotatable bonds is 5. The van der Waals surface area contributed by atoms with Gasteiger partial charge < -0.3 is 19.6 Å². The highest BCUT2D eigenvalue weighted by Gasteiger charge is 2.31. The van der Waals surface area contributed by atoms with Gasteiger partial charge in [-0.1, -0.05) is 20.3 Å². The molecule has 2 aromatic heterocycles. The first-order valence-corrected chi connectivity index (χ1v) is 13.7. The molecular formula is C28H36N6O3. The lowest BCUT2D eigenvalue weighted by atomic mass is 9.78. The Bertz CT molecular complexity index is 1310. The molecule has 1 unspecified atom stereocenters. The van der Waals surface area contributed by atoms with Crippen LogP contribution in [0.5, 0.6) is 0 Å². The average molecular weight is 505 g/mol. The molecular weight excluding hydrogens is 468 g/mol. The number of carbonyl (C=O) groups is 1. The van der Waals surface area contributed by atoms with Crippen LogP contribution in [0.25, 0.3) is 11.2 Å². The van der Waals surface area contributed by atoms with Crippen LogP contribution in [0.2, 0.25) is 0 Å². The zero-order valence-electron chi connectivity index (χ0n) is 21.8. The van der Waals surface area contributed by atoms with Crippen LogP contribution in [-0.4, -0.2) is 57.1 Å². The number of fused-ring (bicyclic) bond motifs is 2. The first-order valence-electron chi connectivity index (χ1n) is 13.7. The van der Waals surface area contributed by atoms with Crippen LogP contribution in [-0.2, 0) is 11.2 Å². The van der Waals surface area contributed by atoms with E-state index in [1.54, 1.807) is 12.1 Å². The number of aryl methyl sites for hydroxylation is 1. The molecule has 6 rings (SSSR count). The van der Waals surface area contributed by atoms with E-state index in [0.29, 0.717) is 11.0 Å². The van der Waals surface area contributed by atoms with Gasteiger partial charge in [0.05, 0.1) is 11.8 Å². The summed E-state index contributed by atoms with van der Waals surface area (Å²) < 4.78 is 8.09. The van der Waals surface area contributed by atoms with Crippen molar-refractivity contribution in [3.63, 3.8) is 0 Å². The van der Waals surface area contributed by atoms with Crippen molar-refractivity contribution >= 4 is 34.5 Å². The molecule has 2 fully saturated rings. The molecule has 5 heterocycles. The summed E-state index contributed by atoms with van der Waals surface area (Å²) in [4.78, 5) is 26.1. The topological polar surface area (TPSA) is 96.6 Å². The van der Waals surface area contributed by atoms with Gasteiger partial charge >= 0.3 is 5.97 Å². The zero-order chi connectivity index (χ0) is 25.6. The molecule has 196 valence electrons. The molecule has 3 aliphatic rings. The number of hydrogen-bond donors (Lipinski definition) is 1. The first-order chi connectivity index (χ1) is 18.0. The minimum atomic E-state index is -0.903. The van der Waals surface area contributed by atoms with Gasteiger partial charge in [-0.25, -0.2) is 19.4 Å². The lowest BCUT2D eigenvalue weighted by Gasteiger charge is -2.39. The summed E-state index contributed by atoms with van der Waals surface area (Å²) in [6.45, 7) is 8.15. The van der Waals surface area contributed by atoms with E-state index in [9.17, 15) is 9.90 Å². The fourth-order valence-electron chi connectivity index (χ4n) is 5.92. The Kier molecular flexibility index (Phi) is 6.26. The van der Waals surface area contributed by atoms with Gasteiger partial charge in [-0.05, 0) is 74.1 Å². The van der Waals surface area contributed by atoms with Crippen molar-refractivity contribution in [2.75, 3.05) is 36.0 Å². The minimum Gasteiger partial charge on any atom is -0.478 e. The van der Waals surface area contributed by atoms with Crippen molar-refractivity contribution in [3.05, 3.63) is 35.5 Å². The van der Waals surface area contributed by atoms with E-state index in [4.69, 9.17) is 19.8 Å². The molecule has 0 radical (unpaired) electrons. The number of aromatic carboxylic acids is 1. The number of anilines is 3. The molecule has 1 atom stereocenters. The number of piperidine rings is 1. The summed E-state index contributed by atoms with van der Waals surface area (Å²) in [5, 5.41) is 14.5. The standard InChI is InChI=1S/C28H36N6O3/c1-3-28(2)11-14-32(15-12-28)22-18-29-24-25(30-22)34(23-8-4-5-16-37-23)31-26(24)33-13-6-7-19-17-20(27(35)36)9-10-21(19)33/h9-10,17-18,23H,3-8,11-16H2,1-2H3,(H,35,36). The number of carboxylic acids is 1. The van der Waals surface area contributed by atoms with Gasteiger partial charge in [0, 0.05) is 31.9 Å². The molecule has 37 heavy (non-hydrogen) atoms. The van der Waals surface area contributed by atoms with E-state index >= 15 is 0 Å². The van der Waals surface area contributed by atoms with Crippen LogP contribution < -0.4 is 9.80 Å². The van der Waals surface area contributed by atoms with Crippen molar-refractivity contribution in [3.8, 4) is 0 Å². The Morgan fingerprint density at radius 3 is 2.76 bits per heavy atom. The van der Waals surface area contributed by atoms with Gasteiger partial charge in [0.1, 0.15) is 5.82 Å². The summed E-state index contributed by atoms with van der Waals surface area (Å²) in [6, 6.07) is 5.37. The zero-order valence-corrected chi connectivity index (χ0v) is 21.8. The highest BCUT2D eigenvalue weighted by molar-refractivity contribution is 5.91. The molecule has 9 heteroatoms. The first kappa shape index (κ1) is 24.2. The highest BCUT2D eigenvalue weighted by Crippen LogP contribution is 2.39. The lowest BCUT2D eigenvalue weighted by molar-refractivity contribution is -0.0368. The number of hydrogen-bond acceptors (Lipinski definition) is 7. The molecule has 0 spiro atoms. The monoisotopic (exact) mass is 504 g/mol. The fourth-order valence-corrected chi connectivity index (χ4v) is 5.92. The second kappa shape index (κ2) is 9.59. The van der Waals surface area contributed by atoms with Crippen molar-refractivity contribution in [2.24, 2.45) is 5.41 Å². The van der Waals surface area contributed by atoms with Crippen molar-refractivity contribution < 1.29 is 14.6 Å². The second-order valence-electron chi connectivity index (χ2n) is 11.0. The SMILES string of the molecule is CCC1(C)CCN(c2cnc3c(N4CCCc5cc(C(=O)O)ccc54)nn(C4CCCCO4)c3n2)CC1. The summed E-state index contributed by atoms with van der Waals surface area (Å²) in [7, 11) is 0. The lowest BCUT2D eigenvalue weighted by Crippen LogP contribution is -2.39. The number of aromatic nitrogens is 4. The van der Waals surface area contributed by atoms with Crippen LogP contribution in [0, 0.1) is 5.41 Å². The summed E-state index contributed by atoms with van der Waals surface area (Å²) in [6.07, 6.45) is 10.1. The Morgan fingerprint density at radius 2 is 2.03 bits per heavy atom. The van der Waals surface area contributed by atoms with Crippen molar-refractivity contribution in [1.82, 2.24) is 19.7 Å². The maximum Gasteiger partial charge on any atom is 0.335 e. The average Bonchev–Trinajstić information content (AvgIpc) is 3.32. The molecule has 2 saturated heterocycles. The normalized spacial score (nSPS) is 21.7. The number of ether oxygens (including phenoxy) is 1. The molecule has 0 amide bonds. The van der Waals surface area contributed by atoms with Gasteiger partial charge in [0.15, 0.2) is 23.2 Å². The van der Waals surface area contributed by atoms with E-state index in [0.717, 1.165) is 105 Å². The molecule has 3 aliphatic heterocycles. The molecule has 0 bridgehead atoms. The molecule has 1 aromatic carbocycles. The van der Waals surface area contributed by atoms with Crippen LogP contribution >= 0.6 is 0 Å². The van der Waals surface area contributed by atoms with Crippen LogP contribution in [0.1, 0.15) is 80.9 Å². The van der Waals surface area contributed by atoms with Gasteiger partial charge in [-0.15, -0.1) is 5.10 Å².